The van der Waals surface area contributed by atoms with Crippen molar-refractivity contribution < 1.29 is 22.9 Å². The fourth-order valence-corrected chi connectivity index (χ4v) is 2.11. The highest BCUT2D eigenvalue weighted by atomic mass is 35.5. The summed E-state index contributed by atoms with van der Waals surface area (Å²) >= 11 is 5.61. The molecule has 0 unspecified atom stereocenters. The van der Waals surface area contributed by atoms with E-state index in [2.05, 4.69) is 15.6 Å². The number of anilines is 1. The van der Waals surface area contributed by atoms with Gasteiger partial charge >= 0.3 is 6.18 Å². The molecule has 2 rings (SSSR count). The molecule has 0 bridgehead atoms. The number of carbonyl (C=O) groups excluding carboxylic acids is 1. The second-order valence-corrected chi connectivity index (χ2v) is 5.43. The van der Waals surface area contributed by atoms with Crippen LogP contribution in [0.3, 0.4) is 0 Å². The molecule has 1 aromatic carbocycles. The molecule has 2 N–H and O–H groups in total. The van der Waals surface area contributed by atoms with E-state index in [0.29, 0.717) is 6.07 Å². The van der Waals surface area contributed by atoms with Crippen molar-refractivity contribution in [3.63, 3.8) is 0 Å². The van der Waals surface area contributed by atoms with Crippen LogP contribution in [0.2, 0.25) is 5.15 Å². The lowest BCUT2D eigenvalue weighted by Crippen LogP contribution is -2.28. The van der Waals surface area contributed by atoms with E-state index in [0.717, 1.165) is 12.1 Å². The summed E-state index contributed by atoms with van der Waals surface area (Å²) in [6.45, 7) is 0.151. The number of nitrogens with zero attached hydrogens (tertiary/aromatic N) is 2. The number of nitro benzene ring substituents is 1. The SMILES string of the molecule is O=C(NCCNc1ccc(C(F)(F)F)cc1[N+](=O)[O-])c1ccc(Cl)nc1. The molecule has 11 heteroatoms. The molecule has 138 valence electrons. The highest BCUT2D eigenvalue weighted by molar-refractivity contribution is 6.29. The van der Waals surface area contributed by atoms with Crippen LogP contribution in [0.4, 0.5) is 24.5 Å². The van der Waals surface area contributed by atoms with Gasteiger partial charge in [0.2, 0.25) is 0 Å². The van der Waals surface area contributed by atoms with E-state index in [9.17, 15) is 28.1 Å². The second-order valence-electron chi connectivity index (χ2n) is 5.04. The molecule has 0 radical (unpaired) electrons. The lowest BCUT2D eigenvalue weighted by atomic mass is 10.1. The van der Waals surface area contributed by atoms with Gasteiger partial charge in [-0.05, 0) is 24.3 Å². The van der Waals surface area contributed by atoms with Crippen molar-refractivity contribution in [3.8, 4) is 0 Å². The van der Waals surface area contributed by atoms with Crippen molar-refractivity contribution in [2.75, 3.05) is 18.4 Å². The van der Waals surface area contributed by atoms with Crippen molar-refractivity contribution in [1.29, 1.82) is 0 Å². The molecule has 0 saturated carbocycles. The van der Waals surface area contributed by atoms with Crippen molar-refractivity contribution in [3.05, 3.63) is 62.9 Å². The van der Waals surface area contributed by atoms with Gasteiger partial charge in [0.15, 0.2) is 0 Å². The van der Waals surface area contributed by atoms with Crippen LogP contribution in [-0.2, 0) is 6.18 Å². The minimum Gasteiger partial charge on any atom is -0.378 e. The zero-order chi connectivity index (χ0) is 19.3. The molecule has 0 aliphatic carbocycles. The molecule has 0 spiro atoms. The van der Waals surface area contributed by atoms with E-state index in [1.807, 2.05) is 0 Å². The van der Waals surface area contributed by atoms with Crippen LogP contribution < -0.4 is 10.6 Å². The van der Waals surface area contributed by atoms with E-state index >= 15 is 0 Å². The Morgan fingerprint density at radius 3 is 2.54 bits per heavy atom. The summed E-state index contributed by atoms with van der Waals surface area (Å²) < 4.78 is 37.9. The Morgan fingerprint density at radius 2 is 1.96 bits per heavy atom. The monoisotopic (exact) mass is 388 g/mol. The summed E-state index contributed by atoms with van der Waals surface area (Å²) in [5.41, 5.74) is -1.62. The zero-order valence-corrected chi connectivity index (χ0v) is 13.8. The first-order valence-electron chi connectivity index (χ1n) is 7.18. The Labute approximate surface area is 150 Å². The first-order chi connectivity index (χ1) is 12.2. The van der Waals surface area contributed by atoms with Gasteiger partial charge < -0.3 is 10.6 Å². The third-order valence-corrected chi connectivity index (χ3v) is 3.46. The number of carbonyl (C=O) groups is 1. The zero-order valence-electron chi connectivity index (χ0n) is 13.0. The van der Waals surface area contributed by atoms with Gasteiger partial charge in [-0.2, -0.15) is 13.2 Å². The number of hydrogen-bond donors (Lipinski definition) is 2. The topological polar surface area (TPSA) is 97.2 Å². The normalized spacial score (nSPS) is 11.1. The summed E-state index contributed by atoms with van der Waals surface area (Å²) in [5, 5.41) is 16.4. The van der Waals surface area contributed by atoms with Crippen LogP contribution in [0.5, 0.6) is 0 Å². The van der Waals surface area contributed by atoms with Crippen LogP contribution in [0.25, 0.3) is 0 Å². The van der Waals surface area contributed by atoms with Gasteiger partial charge in [0.05, 0.1) is 16.1 Å². The predicted octanol–water partition coefficient (Wildman–Crippen LogP) is 3.50. The number of amides is 1. The number of alkyl halides is 3. The van der Waals surface area contributed by atoms with E-state index in [4.69, 9.17) is 11.6 Å². The average molecular weight is 389 g/mol. The van der Waals surface area contributed by atoms with Gasteiger partial charge in [-0.1, -0.05) is 11.6 Å². The second kappa shape index (κ2) is 8.00. The van der Waals surface area contributed by atoms with Gasteiger partial charge in [0.25, 0.3) is 11.6 Å². The van der Waals surface area contributed by atoms with Crippen LogP contribution in [0, 0.1) is 10.1 Å². The molecule has 0 aliphatic rings. The minimum atomic E-state index is -4.68. The molecular weight excluding hydrogens is 377 g/mol. The molecular formula is C15H12ClF3N4O3. The number of halogens is 4. The Hall–Kier alpha value is -2.88. The molecule has 2 aromatic rings. The van der Waals surface area contributed by atoms with Crippen molar-refractivity contribution >= 4 is 28.9 Å². The molecule has 0 fully saturated rings. The number of pyridine rings is 1. The molecule has 7 nitrogen and oxygen atoms in total. The number of nitro groups is 1. The molecule has 0 aliphatic heterocycles. The van der Waals surface area contributed by atoms with Crippen LogP contribution >= 0.6 is 11.6 Å². The Morgan fingerprint density at radius 1 is 1.23 bits per heavy atom. The van der Waals surface area contributed by atoms with E-state index < -0.39 is 28.3 Å². The average Bonchev–Trinajstić information content (AvgIpc) is 2.58. The smallest absolute Gasteiger partial charge is 0.378 e. The quantitative estimate of drug-likeness (QED) is 0.341. The minimum absolute atomic E-state index is 0.0684. The van der Waals surface area contributed by atoms with Crippen LogP contribution in [0.1, 0.15) is 15.9 Å². The van der Waals surface area contributed by atoms with Gasteiger partial charge in [-0.3, -0.25) is 14.9 Å². The van der Waals surface area contributed by atoms with Gasteiger partial charge in [-0.25, -0.2) is 4.98 Å². The van der Waals surface area contributed by atoms with Crippen molar-refractivity contribution in [1.82, 2.24) is 10.3 Å². The van der Waals surface area contributed by atoms with E-state index in [1.54, 1.807) is 0 Å². The molecule has 1 amide bonds. The Kier molecular flexibility index (Phi) is 5.98. The first kappa shape index (κ1) is 19.4. The molecule has 26 heavy (non-hydrogen) atoms. The van der Waals surface area contributed by atoms with Crippen LogP contribution in [-0.4, -0.2) is 28.9 Å². The first-order valence-corrected chi connectivity index (χ1v) is 7.55. The molecule has 1 heterocycles. The lowest BCUT2D eigenvalue weighted by molar-refractivity contribution is -0.384. The summed E-state index contributed by atoms with van der Waals surface area (Å²) in [4.78, 5) is 25.7. The number of benzene rings is 1. The van der Waals surface area contributed by atoms with Crippen molar-refractivity contribution in [2.24, 2.45) is 0 Å². The highest BCUT2D eigenvalue weighted by Gasteiger charge is 2.32. The molecule has 1 aromatic heterocycles. The van der Waals surface area contributed by atoms with E-state index in [1.165, 1.54) is 18.3 Å². The van der Waals surface area contributed by atoms with E-state index in [-0.39, 0.29) is 29.5 Å². The van der Waals surface area contributed by atoms with Gasteiger partial charge in [-0.15, -0.1) is 0 Å². The third kappa shape index (κ3) is 5.06. The summed E-state index contributed by atoms with van der Waals surface area (Å²) in [6.07, 6.45) is -3.39. The number of rotatable bonds is 6. The fourth-order valence-electron chi connectivity index (χ4n) is 1.99. The summed E-state index contributed by atoms with van der Waals surface area (Å²) in [7, 11) is 0. The van der Waals surface area contributed by atoms with Crippen LogP contribution in [0.15, 0.2) is 36.5 Å². The lowest BCUT2D eigenvalue weighted by Gasteiger charge is -2.11. The largest absolute Gasteiger partial charge is 0.416 e. The Balaban J connectivity index is 1.95. The highest BCUT2D eigenvalue weighted by Crippen LogP contribution is 2.34. The number of hydrogen-bond acceptors (Lipinski definition) is 5. The molecule has 0 saturated heterocycles. The van der Waals surface area contributed by atoms with Gasteiger partial charge in [0, 0.05) is 25.4 Å². The summed E-state index contributed by atoms with van der Waals surface area (Å²) in [5.74, 6) is -0.433. The van der Waals surface area contributed by atoms with Crippen molar-refractivity contribution in [2.45, 2.75) is 6.18 Å². The maximum atomic E-state index is 12.6. The summed E-state index contributed by atoms with van der Waals surface area (Å²) in [6, 6.07) is 5.10. The van der Waals surface area contributed by atoms with Gasteiger partial charge in [0.1, 0.15) is 10.8 Å². The number of nitrogens with one attached hydrogen (secondary N) is 2. The number of aromatic nitrogens is 1. The maximum Gasteiger partial charge on any atom is 0.416 e. The standard InChI is InChI=1S/C15H12ClF3N4O3/c16-13-4-1-9(8-22-13)14(24)21-6-5-20-11-3-2-10(15(17,18)19)7-12(11)23(25)26/h1-4,7-8,20H,5-6H2,(H,21,24). The fraction of sp³-hybridized carbons (Fsp3) is 0.200. The maximum absolute atomic E-state index is 12.6. The third-order valence-electron chi connectivity index (χ3n) is 3.24. The predicted molar refractivity (Wildman–Crippen MR) is 88.2 cm³/mol. The molecule has 0 atom stereocenters. The Bertz CT molecular complexity index is 813.